The number of hydrogen-bond donors (Lipinski definition) is 3. The van der Waals surface area contributed by atoms with Gasteiger partial charge in [0.2, 0.25) is 0 Å². The molecule has 204 valence electrons. The molecule has 0 bridgehead atoms. The monoisotopic (exact) mass is 542 g/mol. The molecule has 3 N–H and O–H groups in total. The maximum Gasteiger partial charge on any atom is 0.303 e. The molecule has 0 saturated heterocycles. The minimum Gasteiger partial charge on any atom is -0.481 e. The fraction of sp³-hybridized carbons (Fsp3) is 0.235. The minimum absolute atomic E-state index is 0.0180. The third kappa shape index (κ3) is 4.88. The van der Waals surface area contributed by atoms with Crippen LogP contribution in [0, 0.1) is 5.92 Å². The number of aromatic amines is 1. The molecule has 3 heterocycles. The van der Waals surface area contributed by atoms with Crippen molar-refractivity contribution in [3.05, 3.63) is 95.7 Å². The molecule has 7 heteroatoms. The van der Waals surface area contributed by atoms with Crippen LogP contribution in [-0.4, -0.2) is 31.9 Å². The van der Waals surface area contributed by atoms with E-state index in [1.807, 2.05) is 36.5 Å². The molecule has 1 aliphatic heterocycles. The Morgan fingerprint density at radius 3 is 2.39 bits per heavy atom. The third-order valence-electron chi connectivity index (χ3n) is 8.66. The summed E-state index contributed by atoms with van der Waals surface area (Å²) in [7, 11) is 0. The number of pyridine rings is 1. The molecule has 0 spiro atoms. The maximum absolute atomic E-state index is 12.1. The van der Waals surface area contributed by atoms with Gasteiger partial charge in [0.1, 0.15) is 5.82 Å². The Balaban J connectivity index is 1.07. The molecule has 0 radical (unpaired) electrons. The molecule has 5 aromatic rings. The molecule has 1 fully saturated rings. The molecule has 0 atom stereocenters. The van der Waals surface area contributed by atoms with Crippen molar-refractivity contribution in [2.75, 3.05) is 0 Å². The number of hydrogen-bond acceptors (Lipinski definition) is 4. The van der Waals surface area contributed by atoms with Crippen LogP contribution < -0.4 is 5.32 Å². The van der Waals surface area contributed by atoms with Gasteiger partial charge in [-0.15, -0.1) is 0 Å². The van der Waals surface area contributed by atoms with Crippen molar-refractivity contribution in [1.29, 1.82) is 0 Å². The van der Waals surface area contributed by atoms with E-state index in [-0.39, 0.29) is 5.91 Å². The standard InChI is InChI=1S/C34H30N4O3/c39-32(40)16-20-4-6-21(7-5-20)22-8-10-23(11-9-22)29-14-13-25(18-35-29)33-37-30-15-12-24(17-31(30)38-33)26-2-1-3-27-28(26)19-36-34(27)41/h1-3,8-15,17-18,20-21H,4-7,16,19H2,(H,36,41)(H,37,38)(H,39,40). The lowest BCUT2D eigenvalue weighted by atomic mass is 9.77. The molecular weight excluding hydrogens is 512 g/mol. The van der Waals surface area contributed by atoms with Crippen LogP contribution in [0.15, 0.2) is 79.0 Å². The summed E-state index contributed by atoms with van der Waals surface area (Å²) >= 11 is 0. The van der Waals surface area contributed by atoms with E-state index in [0.29, 0.717) is 24.8 Å². The van der Waals surface area contributed by atoms with Gasteiger partial charge in [0.05, 0.1) is 16.7 Å². The first kappa shape index (κ1) is 25.2. The van der Waals surface area contributed by atoms with E-state index in [1.165, 1.54) is 5.56 Å². The molecule has 3 aromatic carbocycles. The molecule has 1 aliphatic carbocycles. The van der Waals surface area contributed by atoms with E-state index < -0.39 is 5.97 Å². The highest BCUT2D eigenvalue weighted by Gasteiger charge is 2.24. The third-order valence-corrected chi connectivity index (χ3v) is 8.66. The highest BCUT2D eigenvalue weighted by molar-refractivity contribution is 6.01. The zero-order valence-electron chi connectivity index (χ0n) is 22.6. The van der Waals surface area contributed by atoms with E-state index in [1.54, 1.807) is 0 Å². The SMILES string of the molecule is O=C(O)CC1CCC(c2ccc(-c3ccc(-c4nc5ccc(-c6cccc7c6CNC7=O)cc5[nH]4)cn3)cc2)CC1. The van der Waals surface area contributed by atoms with Crippen molar-refractivity contribution >= 4 is 22.9 Å². The number of imidazole rings is 1. The van der Waals surface area contributed by atoms with Crippen molar-refractivity contribution in [1.82, 2.24) is 20.3 Å². The molecule has 0 unspecified atom stereocenters. The van der Waals surface area contributed by atoms with Crippen LogP contribution in [0.3, 0.4) is 0 Å². The number of rotatable bonds is 6. The van der Waals surface area contributed by atoms with Gasteiger partial charge in [-0.3, -0.25) is 14.6 Å². The van der Waals surface area contributed by atoms with Crippen LogP contribution in [0.25, 0.3) is 44.8 Å². The molecule has 1 amide bonds. The van der Waals surface area contributed by atoms with Gasteiger partial charge in [-0.05, 0) is 90.1 Å². The second kappa shape index (κ2) is 10.3. The number of nitrogens with zero attached hydrogens (tertiary/aromatic N) is 2. The highest BCUT2D eigenvalue weighted by atomic mass is 16.4. The minimum atomic E-state index is -0.686. The van der Waals surface area contributed by atoms with Crippen LogP contribution in [0.1, 0.15) is 59.5 Å². The normalized spacial score (nSPS) is 18.3. The fourth-order valence-electron chi connectivity index (χ4n) is 6.42. The predicted octanol–water partition coefficient (Wildman–Crippen LogP) is 6.95. The van der Waals surface area contributed by atoms with Crippen LogP contribution >= 0.6 is 0 Å². The maximum atomic E-state index is 12.1. The largest absolute Gasteiger partial charge is 0.481 e. The molecule has 2 aromatic heterocycles. The van der Waals surface area contributed by atoms with E-state index in [4.69, 9.17) is 15.1 Å². The van der Waals surface area contributed by atoms with Crippen molar-refractivity contribution in [2.45, 2.75) is 44.6 Å². The second-order valence-electron chi connectivity index (χ2n) is 11.2. The summed E-state index contributed by atoms with van der Waals surface area (Å²) in [4.78, 5) is 36.1. The number of carbonyl (C=O) groups is 2. The van der Waals surface area contributed by atoms with Crippen molar-refractivity contribution in [2.24, 2.45) is 5.92 Å². The number of carbonyl (C=O) groups excluding carboxylic acids is 1. The first-order valence-corrected chi connectivity index (χ1v) is 14.2. The van der Waals surface area contributed by atoms with Gasteiger partial charge in [-0.25, -0.2) is 4.98 Å². The number of H-pyrrole nitrogens is 1. The summed E-state index contributed by atoms with van der Waals surface area (Å²) in [6, 6.07) is 24.7. The van der Waals surface area contributed by atoms with E-state index in [0.717, 1.165) is 81.6 Å². The zero-order valence-corrected chi connectivity index (χ0v) is 22.6. The van der Waals surface area contributed by atoms with Gasteiger partial charge >= 0.3 is 5.97 Å². The van der Waals surface area contributed by atoms with Crippen LogP contribution in [0.5, 0.6) is 0 Å². The molecule has 7 nitrogen and oxygen atoms in total. The number of amides is 1. The molecular formula is C34H30N4O3. The van der Waals surface area contributed by atoms with Gasteiger partial charge in [-0.2, -0.15) is 0 Å². The van der Waals surface area contributed by atoms with Gasteiger partial charge in [-0.1, -0.05) is 42.5 Å². The van der Waals surface area contributed by atoms with E-state index in [2.05, 4.69) is 52.8 Å². The number of benzene rings is 3. The van der Waals surface area contributed by atoms with Gasteiger partial charge in [0.15, 0.2) is 0 Å². The topological polar surface area (TPSA) is 108 Å². The Hall–Kier alpha value is -4.78. The Morgan fingerprint density at radius 2 is 1.63 bits per heavy atom. The Kier molecular flexibility index (Phi) is 6.34. The summed E-state index contributed by atoms with van der Waals surface area (Å²) < 4.78 is 0. The summed E-state index contributed by atoms with van der Waals surface area (Å²) in [6.45, 7) is 0.549. The van der Waals surface area contributed by atoms with E-state index in [9.17, 15) is 9.59 Å². The number of carboxylic acids is 1. The lowest BCUT2D eigenvalue weighted by Gasteiger charge is -2.28. The van der Waals surface area contributed by atoms with Gasteiger partial charge in [0.25, 0.3) is 5.91 Å². The molecule has 1 saturated carbocycles. The molecule has 41 heavy (non-hydrogen) atoms. The van der Waals surface area contributed by atoms with Crippen LogP contribution in [-0.2, 0) is 11.3 Å². The quantitative estimate of drug-likeness (QED) is 0.215. The Morgan fingerprint density at radius 1 is 0.878 bits per heavy atom. The number of fused-ring (bicyclic) bond motifs is 2. The number of nitrogens with one attached hydrogen (secondary N) is 2. The first-order valence-electron chi connectivity index (χ1n) is 14.2. The zero-order chi connectivity index (χ0) is 27.9. The molecule has 7 rings (SSSR count). The van der Waals surface area contributed by atoms with Crippen molar-refractivity contribution < 1.29 is 14.7 Å². The summed E-state index contributed by atoms with van der Waals surface area (Å²) in [5.74, 6) is 0.873. The van der Waals surface area contributed by atoms with Crippen molar-refractivity contribution in [3.63, 3.8) is 0 Å². The number of aliphatic carboxylic acids is 1. The fourth-order valence-corrected chi connectivity index (χ4v) is 6.42. The Labute approximate surface area is 237 Å². The number of aromatic nitrogens is 3. The van der Waals surface area contributed by atoms with Crippen LogP contribution in [0.4, 0.5) is 0 Å². The van der Waals surface area contributed by atoms with Crippen molar-refractivity contribution in [3.8, 4) is 33.8 Å². The Bertz CT molecular complexity index is 1760. The van der Waals surface area contributed by atoms with E-state index >= 15 is 0 Å². The average molecular weight is 543 g/mol. The lowest BCUT2D eigenvalue weighted by Crippen LogP contribution is -2.16. The lowest BCUT2D eigenvalue weighted by molar-refractivity contribution is -0.138. The summed E-state index contributed by atoms with van der Waals surface area (Å²) in [5.41, 5.74) is 9.91. The van der Waals surface area contributed by atoms with Crippen LogP contribution in [0.2, 0.25) is 0 Å². The first-order chi connectivity index (χ1) is 20.0. The molecule has 2 aliphatic rings. The van der Waals surface area contributed by atoms with Gasteiger partial charge < -0.3 is 15.4 Å². The average Bonchev–Trinajstić information content (AvgIpc) is 3.61. The smallest absolute Gasteiger partial charge is 0.303 e. The van der Waals surface area contributed by atoms with Gasteiger partial charge in [0, 0.05) is 35.9 Å². The summed E-state index contributed by atoms with van der Waals surface area (Å²) in [6.07, 6.45) is 6.21. The summed E-state index contributed by atoms with van der Waals surface area (Å²) in [5, 5.41) is 12.0. The number of carboxylic acid groups (broad SMARTS) is 1. The predicted molar refractivity (Wildman–Crippen MR) is 158 cm³/mol. The highest BCUT2D eigenvalue weighted by Crippen LogP contribution is 2.38. The second-order valence-corrected chi connectivity index (χ2v) is 11.2.